The molecule has 3 atom stereocenters. The van der Waals surface area contributed by atoms with Gasteiger partial charge in [0.25, 0.3) is 0 Å². The number of anilines is 1. The zero-order chi connectivity index (χ0) is 14.8. The Labute approximate surface area is 124 Å². The fourth-order valence-corrected chi connectivity index (χ4v) is 3.67. The first-order valence-electron chi connectivity index (χ1n) is 7.46. The summed E-state index contributed by atoms with van der Waals surface area (Å²) in [5.74, 6) is 6.54. The lowest BCUT2D eigenvalue weighted by molar-refractivity contribution is -0.121. The van der Waals surface area contributed by atoms with Crippen LogP contribution in [-0.4, -0.2) is 12.5 Å². The first-order valence-corrected chi connectivity index (χ1v) is 7.46. The Bertz CT molecular complexity index is 617. The molecular formula is C17H19FN2O. The van der Waals surface area contributed by atoms with Crippen LogP contribution in [0.15, 0.2) is 18.2 Å². The van der Waals surface area contributed by atoms with Crippen molar-refractivity contribution in [3.63, 3.8) is 0 Å². The quantitative estimate of drug-likeness (QED) is 0.821. The first kappa shape index (κ1) is 14.1. The van der Waals surface area contributed by atoms with Gasteiger partial charge in [-0.1, -0.05) is 18.3 Å². The molecule has 21 heavy (non-hydrogen) atoms. The zero-order valence-electron chi connectivity index (χ0n) is 11.9. The Hall–Kier alpha value is -1.86. The van der Waals surface area contributed by atoms with Crippen molar-refractivity contribution in [3.05, 3.63) is 29.6 Å². The average Bonchev–Trinajstić information content (AvgIpc) is 3.10. The number of halogens is 1. The van der Waals surface area contributed by atoms with E-state index < -0.39 is 0 Å². The predicted molar refractivity (Wildman–Crippen MR) is 79.9 cm³/mol. The number of rotatable bonds is 2. The number of fused-ring (bicyclic) bond motifs is 2. The van der Waals surface area contributed by atoms with Crippen LogP contribution in [0.5, 0.6) is 0 Å². The minimum Gasteiger partial charge on any atom is -0.325 e. The molecule has 0 aromatic heterocycles. The Morgan fingerprint density at radius 2 is 2.24 bits per heavy atom. The normalized spacial score (nSPS) is 26.3. The van der Waals surface area contributed by atoms with Gasteiger partial charge in [0.2, 0.25) is 5.91 Å². The molecule has 3 nitrogen and oxygen atoms in total. The second kappa shape index (κ2) is 5.87. The molecule has 110 valence electrons. The second-order valence-corrected chi connectivity index (χ2v) is 5.97. The molecule has 2 aliphatic rings. The monoisotopic (exact) mass is 286 g/mol. The van der Waals surface area contributed by atoms with Gasteiger partial charge in [-0.15, -0.1) is 0 Å². The van der Waals surface area contributed by atoms with E-state index >= 15 is 0 Å². The molecule has 0 heterocycles. The van der Waals surface area contributed by atoms with Crippen LogP contribution >= 0.6 is 0 Å². The maximum atomic E-state index is 13.3. The van der Waals surface area contributed by atoms with Crippen molar-refractivity contribution < 1.29 is 9.18 Å². The van der Waals surface area contributed by atoms with Crippen molar-refractivity contribution in [3.8, 4) is 11.8 Å². The number of nitrogens with one attached hydrogen (secondary N) is 1. The van der Waals surface area contributed by atoms with Gasteiger partial charge in [-0.25, -0.2) is 4.39 Å². The molecule has 3 N–H and O–H groups in total. The van der Waals surface area contributed by atoms with Crippen LogP contribution in [0.3, 0.4) is 0 Å². The second-order valence-electron chi connectivity index (χ2n) is 5.97. The van der Waals surface area contributed by atoms with Crippen LogP contribution < -0.4 is 11.1 Å². The summed E-state index contributed by atoms with van der Waals surface area (Å²) in [5, 5.41) is 2.92. The van der Waals surface area contributed by atoms with E-state index in [1.807, 2.05) is 0 Å². The van der Waals surface area contributed by atoms with Gasteiger partial charge in [-0.2, -0.15) is 0 Å². The fraction of sp³-hybridized carbons (Fsp3) is 0.471. The van der Waals surface area contributed by atoms with Crippen molar-refractivity contribution in [2.24, 2.45) is 23.5 Å². The summed E-state index contributed by atoms with van der Waals surface area (Å²) in [6, 6.07) is 4.24. The van der Waals surface area contributed by atoms with E-state index in [-0.39, 0.29) is 24.2 Å². The number of carbonyl (C=O) groups is 1. The summed E-state index contributed by atoms with van der Waals surface area (Å²) in [5.41, 5.74) is 6.41. The van der Waals surface area contributed by atoms with Gasteiger partial charge in [0.1, 0.15) is 5.82 Å². The van der Waals surface area contributed by atoms with Gasteiger partial charge >= 0.3 is 0 Å². The van der Waals surface area contributed by atoms with E-state index in [0.717, 1.165) is 18.8 Å². The zero-order valence-corrected chi connectivity index (χ0v) is 11.9. The molecule has 3 unspecified atom stereocenters. The van der Waals surface area contributed by atoms with Crippen LogP contribution in [-0.2, 0) is 4.79 Å². The lowest BCUT2D eigenvalue weighted by Crippen LogP contribution is -2.27. The smallest absolute Gasteiger partial charge is 0.227 e. The van der Waals surface area contributed by atoms with Gasteiger partial charge in [-0.3, -0.25) is 4.79 Å². The third kappa shape index (κ3) is 2.93. The van der Waals surface area contributed by atoms with Gasteiger partial charge in [0, 0.05) is 5.92 Å². The summed E-state index contributed by atoms with van der Waals surface area (Å²) in [4.78, 5) is 12.4. The molecule has 1 aromatic rings. The molecule has 2 aliphatic carbocycles. The maximum Gasteiger partial charge on any atom is 0.227 e. The summed E-state index contributed by atoms with van der Waals surface area (Å²) in [6.45, 7) is 0.205. The van der Waals surface area contributed by atoms with Crippen LogP contribution in [0.1, 0.15) is 31.2 Å². The molecule has 0 saturated heterocycles. The number of carbonyl (C=O) groups excluding carboxylic acids is 1. The average molecular weight is 286 g/mol. The molecule has 1 aromatic carbocycles. The van der Waals surface area contributed by atoms with Crippen LogP contribution in [0, 0.1) is 35.4 Å². The van der Waals surface area contributed by atoms with Crippen LogP contribution in [0.4, 0.5) is 10.1 Å². The Morgan fingerprint density at radius 3 is 2.90 bits per heavy atom. The summed E-state index contributed by atoms with van der Waals surface area (Å²) in [7, 11) is 0. The highest BCUT2D eigenvalue weighted by atomic mass is 19.1. The molecule has 4 heteroatoms. The molecule has 0 aliphatic heterocycles. The maximum absolute atomic E-state index is 13.3. The van der Waals surface area contributed by atoms with Gasteiger partial charge in [0.05, 0.1) is 17.8 Å². The predicted octanol–water partition coefficient (Wildman–Crippen LogP) is 2.51. The molecule has 0 radical (unpaired) electrons. The fourth-order valence-electron chi connectivity index (χ4n) is 3.67. The standard InChI is InChI=1S/C17H19FN2O/c18-14-5-6-16(13(10-14)2-1-7-19)20-17(21)15-9-11-3-4-12(15)8-11/h5-6,10-12,15H,3-4,7-9,19H2,(H,20,21). The lowest BCUT2D eigenvalue weighted by Gasteiger charge is -2.21. The Kier molecular flexibility index (Phi) is 3.94. The van der Waals surface area contributed by atoms with E-state index in [0.29, 0.717) is 17.2 Å². The van der Waals surface area contributed by atoms with Crippen molar-refractivity contribution in [1.82, 2.24) is 0 Å². The minimum atomic E-state index is -0.366. The minimum absolute atomic E-state index is 0.0459. The Morgan fingerprint density at radius 1 is 1.38 bits per heavy atom. The van der Waals surface area contributed by atoms with E-state index in [9.17, 15) is 9.18 Å². The van der Waals surface area contributed by atoms with Crippen LogP contribution in [0.2, 0.25) is 0 Å². The Balaban J connectivity index is 1.76. The van der Waals surface area contributed by atoms with E-state index in [4.69, 9.17) is 5.73 Å². The van der Waals surface area contributed by atoms with Crippen molar-refractivity contribution in [2.45, 2.75) is 25.7 Å². The van der Waals surface area contributed by atoms with Crippen molar-refractivity contribution >= 4 is 11.6 Å². The highest BCUT2D eigenvalue weighted by Crippen LogP contribution is 2.48. The first-order chi connectivity index (χ1) is 10.2. The molecule has 2 saturated carbocycles. The molecule has 2 bridgehead atoms. The topological polar surface area (TPSA) is 55.1 Å². The van der Waals surface area contributed by atoms with Gasteiger partial charge < -0.3 is 11.1 Å². The third-order valence-electron chi connectivity index (χ3n) is 4.64. The number of nitrogens with two attached hydrogens (primary N) is 1. The summed E-state index contributed by atoms with van der Waals surface area (Å²) < 4.78 is 13.3. The third-order valence-corrected chi connectivity index (χ3v) is 4.64. The number of hydrogen-bond acceptors (Lipinski definition) is 2. The summed E-state index contributed by atoms with van der Waals surface area (Å²) >= 11 is 0. The number of hydrogen-bond donors (Lipinski definition) is 2. The van der Waals surface area contributed by atoms with E-state index in [1.54, 1.807) is 6.07 Å². The molecule has 2 fully saturated rings. The van der Waals surface area contributed by atoms with Crippen molar-refractivity contribution in [1.29, 1.82) is 0 Å². The number of benzene rings is 1. The van der Waals surface area contributed by atoms with Crippen LogP contribution in [0.25, 0.3) is 0 Å². The largest absolute Gasteiger partial charge is 0.325 e. The van der Waals surface area contributed by atoms with Crippen molar-refractivity contribution in [2.75, 3.05) is 11.9 Å². The SMILES string of the molecule is NCC#Cc1cc(F)ccc1NC(=O)C1CC2CCC1C2. The number of amides is 1. The van der Waals surface area contributed by atoms with Gasteiger partial charge in [0.15, 0.2) is 0 Å². The summed E-state index contributed by atoms with van der Waals surface area (Å²) in [6.07, 6.45) is 4.59. The molecule has 0 spiro atoms. The highest BCUT2D eigenvalue weighted by Gasteiger charge is 2.43. The van der Waals surface area contributed by atoms with Gasteiger partial charge in [-0.05, 0) is 49.3 Å². The van der Waals surface area contributed by atoms with E-state index in [2.05, 4.69) is 17.2 Å². The molecule has 3 rings (SSSR count). The lowest BCUT2D eigenvalue weighted by atomic mass is 9.88. The van der Waals surface area contributed by atoms with E-state index in [1.165, 1.54) is 25.0 Å². The molecular weight excluding hydrogens is 267 g/mol. The highest BCUT2D eigenvalue weighted by molar-refractivity contribution is 5.94. The molecule has 1 amide bonds.